The van der Waals surface area contributed by atoms with Crippen molar-refractivity contribution in [3.63, 3.8) is 0 Å². The van der Waals surface area contributed by atoms with E-state index in [1.54, 1.807) is 48.9 Å². The number of nitrogens with one attached hydrogen (secondary N) is 2. The Kier molecular flexibility index (Phi) is 9.95. The quantitative estimate of drug-likeness (QED) is 0.137. The number of aliphatic imine (C=N–C) groups is 1. The lowest BCUT2D eigenvalue weighted by atomic mass is 9.98. The van der Waals surface area contributed by atoms with Gasteiger partial charge in [0, 0.05) is 22.6 Å². The number of fused-ring (bicyclic) bond motifs is 7. The van der Waals surface area contributed by atoms with E-state index in [9.17, 15) is 52.7 Å². The number of hydrogen-bond acceptors (Lipinski definition) is 2. The van der Waals surface area contributed by atoms with Crippen LogP contribution in [0.1, 0.15) is 33.4 Å². The second-order valence-electron chi connectivity index (χ2n) is 14.9. The molecule has 4 nitrogen and oxygen atoms in total. The molecule has 5 heterocycles. The normalized spacial score (nSPS) is 15.4. The summed E-state index contributed by atoms with van der Waals surface area (Å²) in [7, 11) is 0. The molecule has 3 aliphatic rings. The SMILES string of the molecule is FC(F)(F)c1ccc(C2=CC3=c4cc(-c5ccc(C(F)(F)F)cc5)c([nH]4)=CC=c4[n-]c(cc4-c4ccc(C(F)(F)F)cc4)=C4[CH+]C(c5ccc(C(F)(F)F)cc5)=C(C=CC2=N3)N4)cc1. The maximum Gasteiger partial charge on any atom is 0.416 e. The third-order valence-electron chi connectivity index (χ3n) is 10.8. The number of halogens is 12. The Hall–Kier alpha value is -7.36. The van der Waals surface area contributed by atoms with Gasteiger partial charge in [0.1, 0.15) is 17.0 Å². The molecule has 4 aromatic carbocycles. The van der Waals surface area contributed by atoms with Crippen LogP contribution in [0.2, 0.25) is 0 Å². The predicted octanol–water partition coefficient (Wildman–Crippen LogP) is 10.2. The van der Waals surface area contributed by atoms with Gasteiger partial charge in [-0.2, -0.15) is 52.7 Å². The molecule has 0 atom stereocenters. The maximum atomic E-state index is 13.6. The van der Waals surface area contributed by atoms with Crippen molar-refractivity contribution in [2.75, 3.05) is 0 Å². The van der Waals surface area contributed by atoms with Gasteiger partial charge in [-0.1, -0.05) is 42.5 Å². The summed E-state index contributed by atoms with van der Waals surface area (Å²) in [6.07, 6.45) is -8.84. The van der Waals surface area contributed by atoms with E-state index in [-0.39, 0.29) is 11.1 Å². The van der Waals surface area contributed by atoms with Crippen LogP contribution in [0.25, 0.3) is 56.9 Å². The van der Waals surface area contributed by atoms with E-state index < -0.39 is 47.0 Å². The zero-order valence-corrected chi connectivity index (χ0v) is 32.3. The Morgan fingerprint density at radius 2 is 1.00 bits per heavy atom. The zero-order valence-electron chi connectivity index (χ0n) is 32.3. The van der Waals surface area contributed by atoms with Crippen LogP contribution >= 0.6 is 0 Å². The van der Waals surface area contributed by atoms with Gasteiger partial charge in [0.2, 0.25) is 0 Å². The van der Waals surface area contributed by atoms with Crippen LogP contribution < -0.4 is 31.7 Å². The van der Waals surface area contributed by atoms with Gasteiger partial charge < -0.3 is 9.97 Å². The number of benzene rings is 4. The fourth-order valence-electron chi connectivity index (χ4n) is 7.50. The summed E-state index contributed by atoms with van der Waals surface area (Å²) in [5.74, 6) is 0. The van der Waals surface area contributed by atoms with Gasteiger partial charge >= 0.3 is 24.7 Å². The molecule has 322 valence electrons. The molecular weight excluding hydrogens is 861 g/mol. The van der Waals surface area contributed by atoms with Gasteiger partial charge in [0.05, 0.1) is 51.0 Å². The molecule has 0 amide bonds. The first kappa shape index (κ1) is 42.0. The van der Waals surface area contributed by atoms with Gasteiger partial charge in [-0.3, -0.25) is 5.32 Å². The van der Waals surface area contributed by atoms with Gasteiger partial charge in [0.25, 0.3) is 0 Å². The Balaban J connectivity index is 1.30. The number of aromatic nitrogens is 2. The predicted molar refractivity (Wildman–Crippen MR) is 217 cm³/mol. The van der Waals surface area contributed by atoms with E-state index >= 15 is 0 Å². The number of nitrogens with zero attached hydrogens (tertiary/aromatic N) is 2. The van der Waals surface area contributed by atoms with Crippen molar-refractivity contribution < 1.29 is 52.7 Å². The first-order valence-electron chi connectivity index (χ1n) is 19.1. The van der Waals surface area contributed by atoms with Crippen molar-refractivity contribution in [1.82, 2.24) is 15.3 Å². The number of rotatable bonds is 4. The van der Waals surface area contributed by atoms with E-state index in [1.807, 2.05) is 0 Å². The van der Waals surface area contributed by atoms with E-state index in [2.05, 4.69) is 10.3 Å². The number of alkyl halides is 12. The van der Waals surface area contributed by atoms with Crippen LogP contribution in [-0.2, 0) is 24.7 Å². The minimum atomic E-state index is -4.61. The summed E-state index contributed by atoms with van der Waals surface area (Å²) in [4.78, 5) is 12.9. The van der Waals surface area contributed by atoms with Crippen LogP contribution in [0.4, 0.5) is 52.7 Å². The highest BCUT2D eigenvalue weighted by atomic mass is 19.4. The summed E-state index contributed by atoms with van der Waals surface area (Å²) in [5.41, 5.74) is 0.894. The first-order chi connectivity index (χ1) is 30.2. The van der Waals surface area contributed by atoms with Crippen molar-refractivity contribution >= 4 is 40.4 Å². The highest BCUT2D eigenvalue weighted by Gasteiger charge is 2.34. The molecule has 2 aromatic heterocycles. The molecule has 9 rings (SSSR count). The van der Waals surface area contributed by atoms with Crippen molar-refractivity contribution in [3.8, 4) is 22.3 Å². The average molecular weight is 887 g/mol. The van der Waals surface area contributed by atoms with Crippen LogP contribution in [0.15, 0.2) is 138 Å². The molecule has 0 saturated carbocycles. The van der Waals surface area contributed by atoms with Crippen molar-refractivity contribution in [3.05, 3.63) is 194 Å². The van der Waals surface area contributed by atoms with Crippen LogP contribution in [0.3, 0.4) is 0 Å². The summed E-state index contributed by atoms with van der Waals surface area (Å²) >= 11 is 0. The fourth-order valence-corrected chi connectivity index (χ4v) is 7.50. The van der Waals surface area contributed by atoms with Gasteiger partial charge in [-0.05, 0) is 119 Å². The topological polar surface area (TPSA) is 54.3 Å². The molecule has 0 unspecified atom stereocenters. The smallest absolute Gasteiger partial charge is 0.416 e. The number of aromatic amines is 1. The van der Waals surface area contributed by atoms with Crippen LogP contribution in [0.5, 0.6) is 0 Å². The molecule has 0 fully saturated rings. The van der Waals surface area contributed by atoms with Crippen molar-refractivity contribution in [1.29, 1.82) is 0 Å². The molecule has 0 spiro atoms. The number of H-pyrrole nitrogens is 1. The monoisotopic (exact) mass is 886 g/mol. The third-order valence-corrected chi connectivity index (χ3v) is 10.8. The van der Waals surface area contributed by atoms with Gasteiger partial charge in [-0.15, -0.1) is 5.35 Å². The molecule has 0 aliphatic carbocycles. The first-order valence-corrected chi connectivity index (χ1v) is 19.1. The number of hydrogen-bond donors (Lipinski definition) is 2. The molecular formula is C48H26F12N4. The molecule has 0 saturated heterocycles. The summed E-state index contributed by atoms with van der Waals surface area (Å²) in [6, 6.07) is 21.0. The lowest BCUT2D eigenvalue weighted by Crippen LogP contribution is -2.21. The highest BCUT2D eigenvalue weighted by molar-refractivity contribution is 6.34. The Labute approximate surface area is 354 Å². The van der Waals surface area contributed by atoms with Crippen molar-refractivity contribution in [2.45, 2.75) is 24.7 Å². The maximum absolute atomic E-state index is 13.6. The lowest BCUT2D eigenvalue weighted by molar-refractivity contribution is -0.138. The van der Waals surface area contributed by atoms with Crippen molar-refractivity contribution in [2.24, 2.45) is 4.99 Å². The average Bonchev–Trinajstić information content (AvgIpc) is 4.06. The molecule has 16 heteroatoms. The molecule has 6 aromatic rings. The Bertz CT molecular complexity index is 3200. The summed E-state index contributed by atoms with van der Waals surface area (Å²) < 4.78 is 163. The minimum Gasteiger partial charge on any atom is -0.611 e. The standard InChI is InChI=1S/C48H26F12N4/c49-45(50,51)29-9-1-25(2-10-29)33-21-41-42-22-34(26-3-11-30(12-4-26)46(52,53)54)39(62-42)19-20-40-36(28-7-15-32(16-8-28)48(58,59)60)24-44(64-40)43-23-35(38(63-43)18-17-37(33)61-41)27-5-13-31(14-6-27)47(55,56)57/h1-24,61,64H. The zero-order chi connectivity index (χ0) is 45.3. The largest absolute Gasteiger partial charge is 0.611 e. The molecule has 8 bridgehead atoms. The highest BCUT2D eigenvalue weighted by Crippen LogP contribution is 2.37. The molecule has 3 aliphatic heterocycles. The molecule has 0 radical (unpaired) electrons. The van der Waals surface area contributed by atoms with Gasteiger partial charge in [-0.25, -0.2) is 4.99 Å². The second-order valence-corrected chi connectivity index (χ2v) is 14.9. The van der Waals surface area contributed by atoms with E-state index in [4.69, 9.17) is 9.98 Å². The fraction of sp³-hybridized carbons (Fsp3) is 0.0833. The van der Waals surface area contributed by atoms with E-state index in [1.165, 1.54) is 48.5 Å². The van der Waals surface area contributed by atoms with Gasteiger partial charge in [0.15, 0.2) is 0 Å². The second kappa shape index (κ2) is 15.2. The van der Waals surface area contributed by atoms with Crippen LogP contribution in [0, 0.1) is 6.42 Å². The Morgan fingerprint density at radius 3 is 1.52 bits per heavy atom. The summed E-state index contributed by atoms with van der Waals surface area (Å²) in [5, 5.41) is 4.56. The number of allylic oxidation sites excluding steroid dienone is 3. The molecule has 2 N–H and O–H groups in total. The molecule has 64 heavy (non-hydrogen) atoms. The van der Waals surface area contributed by atoms with E-state index in [0.717, 1.165) is 48.5 Å². The minimum absolute atomic E-state index is 0.275. The third kappa shape index (κ3) is 8.18. The summed E-state index contributed by atoms with van der Waals surface area (Å²) in [6.45, 7) is 0. The van der Waals surface area contributed by atoms with Crippen LogP contribution in [-0.4, -0.2) is 10.7 Å². The lowest BCUT2D eigenvalue weighted by Gasteiger charge is -2.08. The Morgan fingerprint density at radius 1 is 0.516 bits per heavy atom. The van der Waals surface area contributed by atoms with E-state index in [0.29, 0.717) is 77.7 Å².